The molecule has 0 aliphatic carbocycles. The molecule has 0 aliphatic rings. The van der Waals surface area contributed by atoms with Crippen LogP contribution in [0.3, 0.4) is 0 Å². The predicted molar refractivity (Wildman–Crippen MR) is 76.5 cm³/mol. The molecule has 1 N–H and O–H groups in total. The van der Waals surface area contributed by atoms with Gasteiger partial charge in [0.2, 0.25) is 0 Å². The molecule has 0 heterocycles. The summed E-state index contributed by atoms with van der Waals surface area (Å²) in [6.07, 6.45) is 0.803. The highest BCUT2D eigenvalue weighted by atomic mass is 19.1. The van der Waals surface area contributed by atoms with Gasteiger partial charge in [-0.05, 0) is 38.6 Å². The van der Waals surface area contributed by atoms with Crippen LogP contribution in [0.2, 0.25) is 0 Å². The van der Waals surface area contributed by atoms with Crippen LogP contribution >= 0.6 is 0 Å². The van der Waals surface area contributed by atoms with E-state index in [-0.39, 0.29) is 17.3 Å². The first-order valence-electron chi connectivity index (χ1n) is 6.64. The molecule has 0 amide bonds. The normalized spacial score (nSPS) is 12.6. The smallest absolute Gasteiger partial charge is 0.150 e. The van der Waals surface area contributed by atoms with Crippen molar-refractivity contribution in [3.8, 4) is 6.07 Å². The van der Waals surface area contributed by atoms with Crippen molar-refractivity contribution in [2.75, 3.05) is 26.0 Å². The van der Waals surface area contributed by atoms with E-state index in [2.05, 4.69) is 19.2 Å². The van der Waals surface area contributed by atoms with Crippen molar-refractivity contribution in [1.29, 1.82) is 5.26 Å². The molecule has 110 valence electrons. The third-order valence-electron chi connectivity index (χ3n) is 2.86. The van der Waals surface area contributed by atoms with E-state index >= 15 is 0 Å². The fourth-order valence-corrected chi connectivity index (χ4v) is 2.17. The Hall–Kier alpha value is -1.67. The van der Waals surface area contributed by atoms with Gasteiger partial charge >= 0.3 is 0 Å². The van der Waals surface area contributed by atoms with Crippen LogP contribution in [0.15, 0.2) is 12.1 Å². The van der Waals surface area contributed by atoms with E-state index in [1.54, 1.807) is 6.07 Å². The van der Waals surface area contributed by atoms with Crippen LogP contribution < -0.4 is 5.32 Å². The van der Waals surface area contributed by atoms with Crippen molar-refractivity contribution in [2.24, 2.45) is 5.92 Å². The number of hydrogen-bond acceptors (Lipinski definition) is 3. The number of halogens is 2. The lowest BCUT2D eigenvalue weighted by Gasteiger charge is -2.25. The molecule has 0 aromatic heterocycles. The maximum absolute atomic E-state index is 13.9. The summed E-state index contributed by atoms with van der Waals surface area (Å²) in [5.41, 5.74) is -0.171. The molecule has 0 spiro atoms. The zero-order valence-corrected chi connectivity index (χ0v) is 12.4. The molecule has 0 bridgehead atoms. The van der Waals surface area contributed by atoms with Crippen LogP contribution in [-0.2, 0) is 0 Å². The third-order valence-corrected chi connectivity index (χ3v) is 2.86. The number of rotatable bonds is 6. The lowest BCUT2D eigenvalue weighted by Crippen LogP contribution is -2.34. The average Bonchev–Trinajstić information content (AvgIpc) is 2.31. The Balaban J connectivity index is 2.96. The highest BCUT2D eigenvalue weighted by molar-refractivity contribution is 5.51. The van der Waals surface area contributed by atoms with Gasteiger partial charge in [-0.1, -0.05) is 13.8 Å². The first kappa shape index (κ1) is 16.4. The molecule has 3 nitrogen and oxygen atoms in total. The number of hydrogen-bond donors (Lipinski definition) is 1. The van der Waals surface area contributed by atoms with Gasteiger partial charge in [-0.3, -0.25) is 0 Å². The molecule has 0 saturated heterocycles. The minimum atomic E-state index is -0.728. The topological polar surface area (TPSA) is 39.1 Å². The second-order valence-corrected chi connectivity index (χ2v) is 5.66. The summed E-state index contributed by atoms with van der Waals surface area (Å²) in [5, 5.41) is 11.6. The molecule has 0 fully saturated rings. The summed E-state index contributed by atoms with van der Waals surface area (Å²) in [6.45, 7) is 4.81. The van der Waals surface area contributed by atoms with Gasteiger partial charge in [0.25, 0.3) is 0 Å². The van der Waals surface area contributed by atoms with Gasteiger partial charge < -0.3 is 10.2 Å². The molecular formula is C15H21F2N3. The summed E-state index contributed by atoms with van der Waals surface area (Å²) >= 11 is 0. The van der Waals surface area contributed by atoms with Gasteiger partial charge in [-0.25, -0.2) is 8.78 Å². The Bertz CT molecular complexity index is 459. The molecule has 5 heteroatoms. The molecule has 1 unspecified atom stereocenters. The lowest BCUT2D eigenvalue weighted by molar-refractivity contribution is 0.355. The Labute approximate surface area is 119 Å². The number of nitriles is 1. The number of likely N-dealkylation sites (N-methyl/N-ethyl adjacent to an activating group) is 1. The van der Waals surface area contributed by atoms with Crippen molar-refractivity contribution >= 4 is 5.69 Å². The van der Waals surface area contributed by atoms with Crippen LogP contribution in [0.4, 0.5) is 14.5 Å². The van der Waals surface area contributed by atoms with Crippen LogP contribution in [0, 0.1) is 28.9 Å². The monoisotopic (exact) mass is 281 g/mol. The zero-order chi connectivity index (χ0) is 15.3. The Morgan fingerprint density at radius 1 is 1.25 bits per heavy atom. The Kier molecular flexibility index (Phi) is 5.90. The maximum atomic E-state index is 13.9. The van der Waals surface area contributed by atoms with Gasteiger partial charge in [-0.15, -0.1) is 0 Å². The van der Waals surface area contributed by atoms with E-state index in [9.17, 15) is 8.78 Å². The van der Waals surface area contributed by atoms with E-state index in [0.29, 0.717) is 12.5 Å². The molecule has 0 aliphatic heterocycles. The average molecular weight is 281 g/mol. The van der Waals surface area contributed by atoms with Crippen molar-refractivity contribution in [1.82, 2.24) is 4.90 Å². The zero-order valence-electron chi connectivity index (χ0n) is 12.4. The predicted octanol–water partition coefficient (Wildman–Crippen LogP) is 3.22. The molecule has 0 saturated carbocycles. The Morgan fingerprint density at radius 2 is 1.80 bits per heavy atom. The quantitative estimate of drug-likeness (QED) is 0.870. The van der Waals surface area contributed by atoms with Crippen molar-refractivity contribution in [3.63, 3.8) is 0 Å². The van der Waals surface area contributed by atoms with Crippen LogP contribution in [0.25, 0.3) is 0 Å². The fourth-order valence-electron chi connectivity index (χ4n) is 2.17. The molecule has 0 radical (unpaired) electrons. The van der Waals surface area contributed by atoms with E-state index in [0.717, 1.165) is 18.6 Å². The largest absolute Gasteiger partial charge is 0.376 e. The van der Waals surface area contributed by atoms with Crippen LogP contribution in [-0.4, -0.2) is 31.6 Å². The molecular weight excluding hydrogens is 260 g/mol. The van der Waals surface area contributed by atoms with Crippen LogP contribution in [0.1, 0.15) is 25.8 Å². The van der Waals surface area contributed by atoms with E-state index in [1.165, 1.54) is 0 Å². The third kappa shape index (κ3) is 4.78. The van der Waals surface area contributed by atoms with Gasteiger partial charge in [-0.2, -0.15) is 5.26 Å². The SMILES string of the molecule is CC(C)CC(CN(C)C)Nc1c(F)cc(C#N)cc1F. The number of benzene rings is 1. The Morgan fingerprint density at radius 3 is 2.20 bits per heavy atom. The first-order chi connectivity index (χ1) is 9.33. The summed E-state index contributed by atoms with van der Waals surface area (Å²) in [4.78, 5) is 1.97. The van der Waals surface area contributed by atoms with E-state index in [1.807, 2.05) is 19.0 Å². The number of nitrogens with zero attached hydrogens (tertiary/aromatic N) is 2. The molecule has 1 aromatic carbocycles. The second-order valence-electron chi connectivity index (χ2n) is 5.66. The first-order valence-corrected chi connectivity index (χ1v) is 6.64. The molecule has 20 heavy (non-hydrogen) atoms. The van der Waals surface area contributed by atoms with Crippen molar-refractivity contribution < 1.29 is 8.78 Å². The minimum absolute atomic E-state index is 0.0152. The van der Waals surface area contributed by atoms with Crippen molar-refractivity contribution in [3.05, 3.63) is 29.3 Å². The van der Waals surface area contributed by atoms with E-state index in [4.69, 9.17) is 5.26 Å². The summed E-state index contributed by atoms with van der Waals surface area (Å²) in [5.74, 6) is -1.04. The summed E-state index contributed by atoms with van der Waals surface area (Å²) < 4.78 is 27.7. The fraction of sp³-hybridized carbons (Fsp3) is 0.533. The second kappa shape index (κ2) is 7.20. The maximum Gasteiger partial charge on any atom is 0.150 e. The van der Waals surface area contributed by atoms with Gasteiger partial charge in [0, 0.05) is 12.6 Å². The summed E-state index contributed by atoms with van der Waals surface area (Å²) in [7, 11) is 3.83. The standard InChI is InChI=1S/C15H21F2N3/c1-10(2)5-12(9-20(3)4)19-15-13(16)6-11(8-18)7-14(15)17/h6-7,10,12,19H,5,9H2,1-4H3. The molecule has 1 atom stereocenters. The van der Waals surface area contributed by atoms with Crippen molar-refractivity contribution in [2.45, 2.75) is 26.3 Å². The van der Waals surface area contributed by atoms with Crippen LogP contribution in [0.5, 0.6) is 0 Å². The lowest BCUT2D eigenvalue weighted by atomic mass is 10.0. The van der Waals surface area contributed by atoms with Gasteiger partial charge in [0.05, 0.1) is 11.6 Å². The molecule has 1 aromatic rings. The van der Waals surface area contributed by atoms with Gasteiger partial charge in [0.15, 0.2) is 11.6 Å². The number of anilines is 1. The van der Waals surface area contributed by atoms with E-state index < -0.39 is 11.6 Å². The number of nitrogens with one attached hydrogen (secondary N) is 1. The molecule has 1 rings (SSSR count). The highest BCUT2D eigenvalue weighted by Crippen LogP contribution is 2.23. The minimum Gasteiger partial charge on any atom is -0.376 e. The summed E-state index contributed by atoms with van der Waals surface area (Å²) in [6, 6.07) is 3.78. The van der Waals surface area contributed by atoms with Gasteiger partial charge in [0.1, 0.15) is 5.69 Å². The highest BCUT2D eigenvalue weighted by Gasteiger charge is 2.17.